The first kappa shape index (κ1) is 15.3. The van der Waals surface area contributed by atoms with E-state index in [2.05, 4.69) is 0 Å². The van der Waals surface area contributed by atoms with Gasteiger partial charge in [0.15, 0.2) is 0 Å². The van der Waals surface area contributed by atoms with Crippen LogP contribution in [0.25, 0.3) is 0 Å². The molecule has 0 amide bonds. The second kappa shape index (κ2) is 5.70. The van der Waals surface area contributed by atoms with Crippen LogP contribution < -0.4 is 11.5 Å². The molecule has 0 aliphatic heterocycles. The number of nitrogens with two attached hydrogens (primary N) is 2. The van der Waals surface area contributed by atoms with Gasteiger partial charge in [-0.1, -0.05) is 41.4 Å². The molecule has 2 rings (SSSR count). The van der Waals surface area contributed by atoms with Crippen molar-refractivity contribution in [3.05, 3.63) is 69.5 Å². The molecule has 0 saturated heterocycles. The van der Waals surface area contributed by atoms with E-state index in [1.54, 1.807) is 43.3 Å². The Bertz CT molecular complexity index is 612. The third-order valence-electron chi connectivity index (χ3n) is 3.39. The van der Waals surface area contributed by atoms with Crippen LogP contribution in [0.15, 0.2) is 42.5 Å². The molecule has 2 aromatic carbocycles. The predicted molar refractivity (Wildman–Crippen MR) is 81.3 cm³/mol. The maximum atomic E-state index is 14.0. The molecule has 0 aliphatic carbocycles. The molecule has 2 unspecified atom stereocenters. The summed E-state index contributed by atoms with van der Waals surface area (Å²) in [5.41, 5.74) is 12.5. The van der Waals surface area contributed by atoms with Crippen molar-refractivity contribution in [3.63, 3.8) is 0 Å². The zero-order valence-electron chi connectivity index (χ0n) is 10.9. The van der Waals surface area contributed by atoms with Crippen LogP contribution in [0.4, 0.5) is 4.39 Å². The Morgan fingerprint density at radius 3 is 2.15 bits per heavy atom. The Hall–Kier alpha value is -1.13. The van der Waals surface area contributed by atoms with Crippen molar-refractivity contribution in [2.75, 3.05) is 0 Å². The van der Waals surface area contributed by atoms with E-state index in [1.165, 1.54) is 6.07 Å². The summed E-state index contributed by atoms with van der Waals surface area (Å²) in [6.45, 7) is 1.69. The monoisotopic (exact) mass is 312 g/mol. The minimum Gasteiger partial charge on any atom is -0.322 e. The summed E-state index contributed by atoms with van der Waals surface area (Å²) in [4.78, 5) is 0. The number of halogens is 3. The van der Waals surface area contributed by atoms with Gasteiger partial charge in [-0.2, -0.15) is 0 Å². The maximum Gasteiger partial charge on any atom is 0.129 e. The first-order valence-corrected chi connectivity index (χ1v) is 6.83. The van der Waals surface area contributed by atoms with E-state index in [-0.39, 0.29) is 0 Å². The highest BCUT2D eigenvalue weighted by Crippen LogP contribution is 2.33. The SMILES string of the molecule is CC(N)(c1ccc(Cl)cc1F)C(N)c1ccc(Cl)cc1. The van der Waals surface area contributed by atoms with E-state index in [0.29, 0.717) is 15.6 Å². The fraction of sp³-hybridized carbons (Fsp3) is 0.200. The van der Waals surface area contributed by atoms with E-state index in [9.17, 15) is 4.39 Å². The molecule has 4 N–H and O–H groups in total. The lowest BCUT2D eigenvalue weighted by molar-refractivity contribution is 0.379. The average Bonchev–Trinajstić information content (AvgIpc) is 2.38. The largest absolute Gasteiger partial charge is 0.322 e. The van der Waals surface area contributed by atoms with Gasteiger partial charge in [-0.05, 0) is 36.8 Å². The van der Waals surface area contributed by atoms with Gasteiger partial charge >= 0.3 is 0 Å². The number of hydrogen-bond donors (Lipinski definition) is 2. The number of hydrogen-bond acceptors (Lipinski definition) is 2. The lowest BCUT2D eigenvalue weighted by Gasteiger charge is -2.32. The molecule has 2 atom stereocenters. The highest BCUT2D eigenvalue weighted by molar-refractivity contribution is 6.30. The van der Waals surface area contributed by atoms with Crippen LogP contribution in [0.1, 0.15) is 24.1 Å². The Morgan fingerprint density at radius 2 is 1.60 bits per heavy atom. The van der Waals surface area contributed by atoms with Crippen LogP contribution in [-0.2, 0) is 5.54 Å². The van der Waals surface area contributed by atoms with E-state index in [0.717, 1.165) is 5.56 Å². The molecular weight excluding hydrogens is 298 g/mol. The van der Waals surface area contributed by atoms with Gasteiger partial charge in [-0.3, -0.25) is 0 Å². The first-order chi connectivity index (χ1) is 9.32. The summed E-state index contributed by atoms with van der Waals surface area (Å²) >= 11 is 11.6. The Labute approximate surface area is 127 Å². The van der Waals surface area contributed by atoms with E-state index < -0.39 is 17.4 Å². The van der Waals surface area contributed by atoms with Crippen molar-refractivity contribution >= 4 is 23.2 Å². The smallest absolute Gasteiger partial charge is 0.129 e. The molecule has 0 fully saturated rings. The molecule has 2 aromatic rings. The molecule has 0 aliphatic rings. The molecule has 0 saturated carbocycles. The minimum absolute atomic E-state index is 0.321. The third-order valence-corrected chi connectivity index (χ3v) is 3.87. The highest BCUT2D eigenvalue weighted by Gasteiger charge is 2.32. The van der Waals surface area contributed by atoms with Crippen molar-refractivity contribution in [1.82, 2.24) is 0 Å². The average molecular weight is 313 g/mol. The topological polar surface area (TPSA) is 52.0 Å². The molecule has 0 heterocycles. The fourth-order valence-electron chi connectivity index (χ4n) is 2.11. The standard InChI is InChI=1S/C15H15Cl2FN2/c1-15(20,12-7-6-11(17)8-13(12)18)14(19)9-2-4-10(16)5-3-9/h2-8,14H,19-20H2,1H3. The van der Waals surface area contributed by atoms with Crippen molar-refractivity contribution in [2.24, 2.45) is 11.5 Å². The third kappa shape index (κ3) is 2.96. The summed E-state index contributed by atoms with van der Waals surface area (Å²) < 4.78 is 14.0. The molecule has 0 bridgehead atoms. The van der Waals surface area contributed by atoms with Crippen LogP contribution in [0.2, 0.25) is 10.0 Å². The second-order valence-corrected chi connectivity index (χ2v) is 5.81. The zero-order valence-corrected chi connectivity index (χ0v) is 12.4. The van der Waals surface area contributed by atoms with Crippen molar-refractivity contribution in [2.45, 2.75) is 18.5 Å². The number of benzene rings is 2. The normalized spacial score (nSPS) is 15.7. The van der Waals surface area contributed by atoms with Gasteiger partial charge in [-0.25, -0.2) is 4.39 Å². The maximum absolute atomic E-state index is 14.0. The van der Waals surface area contributed by atoms with Gasteiger partial charge in [0.05, 0.1) is 11.6 Å². The Kier molecular flexibility index (Phi) is 4.35. The van der Waals surface area contributed by atoms with Crippen molar-refractivity contribution in [1.29, 1.82) is 0 Å². The van der Waals surface area contributed by atoms with Crippen LogP contribution in [0.5, 0.6) is 0 Å². The Morgan fingerprint density at radius 1 is 1.05 bits per heavy atom. The van der Waals surface area contributed by atoms with Crippen molar-refractivity contribution < 1.29 is 4.39 Å². The summed E-state index contributed by atoms with van der Waals surface area (Å²) in [5.74, 6) is -0.466. The summed E-state index contributed by atoms with van der Waals surface area (Å²) in [7, 11) is 0. The molecule has 0 aromatic heterocycles. The highest BCUT2D eigenvalue weighted by atomic mass is 35.5. The van der Waals surface area contributed by atoms with E-state index in [4.69, 9.17) is 34.7 Å². The quantitative estimate of drug-likeness (QED) is 0.899. The number of rotatable bonds is 3. The molecule has 2 nitrogen and oxygen atoms in total. The lowest BCUT2D eigenvalue weighted by atomic mass is 9.82. The van der Waals surface area contributed by atoms with Gasteiger partial charge in [0.2, 0.25) is 0 Å². The Balaban J connectivity index is 2.40. The van der Waals surface area contributed by atoms with Gasteiger partial charge in [0, 0.05) is 15.6 Å². The van der Waals surface area contributed by atoms with Gasteiger partial charge in [-0.15, -0.1) is 0 Å². The van der Waals surface area contributed by atoms with Crippen molar-refractivity contribution in [3.8, 4) is 0 Å². The lowest BCUT2D eigenvalue weighted by Crippen LogP contribution is -2.44. The molecule has 20 heavy (non-hydrogen) atoms. The van der Waals surface area contributed by atoms with Crippen LogP contribution in [-0.4, -0.2) is 0 Å². The summed E-state index contributed by atoms with van der Waals surface area (Å²) in [6, 6.07) is 10.8. The van der Waals surface area contributed by atoms with Gasteiger partial charge in [0.1, 0.15) is 5.82 Å². The van der Waals surface area contributed by atoms with Crippen LogP contribution in [0.3, 0.4) is 0 Å². The van der Waals surface area contributed by atoms with Gasteiger partial charge in [0.25, 0.3) is 0 Å². The second-order valence-electron chi connectivity index (χ2n) is 4.94. The van der Waals surface area contributed by atoms with Gasteiger partial charge < -0.3 is 11.5 Å². The summed E-state index contributed by atoms with van der Waals surface area (Å²) in [6.07, 6.45) is 0. The first-order valence-electron chi connectivity index (χ1n) is 6.08. The van der Waals surface area contributed by atoms with Crippen LogP contribution >= 0.6 is 23.2 Å². The molecule has 0 radical (unpaired) electrons. The molecular formula is C15H15Cl2FN2. The fourth-order valence-corrected chi connectivity index (χ4v) is 2.39. The van der Waals surface area contributed by atoms with E-state index >= 15 is 0 Å². The molecule has 106 valence electrons. The van der Waals surface area contributed by atoms with Crippen LogP contribution in [0, 0.1) is 5.82 Å². The summed E-state index contributed by atoms with van der Waals surface area (Å²) in [5, 5.41) is 0.930. The van der Waals surface area contributed by atoms with E-state index in [1.807, 2.05) is 0 Å². The zero-order chi connectivity index (χ0) is 14.9. The predicted octanol–water partition coefficient (Wildman–Crippen LogP) is 4.01. The minimum atomic E-state index is -1.07. The molecule has 0 spiro atoms. The molecule has 5 heteroatoms.